The summed E-state index contributed by atoms with van der Waals surface area (Å²) in [6.45, 7) is 2.61. The Balaban J connectivity index is 1.78. The molecular formula is C21H23N3O3. The predicted octanol–water partition coefficient (Wildman–Crippen LogP) is 2.95. The van der Waals surface area contributed by atoms with Crippen molar-refractivity contribution in [1.82, 2.24) is 4.90 Å². The standard InChI is InChI=1S/C21H23N3O3/c1-3-6-20(25)24(13-15-9-11-16(27-2)12-10-15)14-19-22-18-8-5-4-7-17(18)21(26)23-19/h4-5,7-12,17H,3,6,13-14H2,1-2H3. The van der Waals surface area contributed by atoms with Gasteiger partial charge in [0.25, 0.3) is 5.91 Å². The van der Waals surface area contributed by atoms with Crippen molar-refractivity contribution < 1.29 is 14.3 Å². The molecule has 1 unspecified atom stereocenters. The second kappa shape index (κ2) is 8.58. The molecule has 1 aliphatic carbocycles. The van der Waals surface area contributed by atoms with Crippen LogP contribution in [-0.2, 0) is 16.1 Å². The molecule has 1 aromatic carbocycles. The molecule has 1 atom stereocenters. The first-order valence-electron chi connectivity index (χ1n) is 9.06. The van der Waals surface area contributed by atoms with Crippen LogP contribution in [0.15, 0.2) is 58.6 Å². The Morgan fingerprint density at radius 3 is 2.63 bits per heavy atom. The zero-order valence-corrected chi connectivity index (χ0v) is 15.6. The molecule has 1 aromatic rings. The van der Waals surface area contributed by atoms with E-state index in [-0.39, 0.29) is 18.4 Å². The summed E-state index contributed by atoms with van der Waals surface area (Å²) < 4.78 is 5.18. The summed E-state index contributed by atoms with van der Waals surface area (Å²) in [6.07, 6.45) is 8.48. The van der Waals surface area contributed by atoms with Crippen molar-refractivity contribution in [1.29, 1.82) is 0 Å². The SMILES string of the molecule is CCCC(=O)N(CC1=NC(=O)C2C=CC=CC2=N1)Cc1ccc(OC)cc1. The van der Waals surface area contributed by atoms with Crippen LogP contribution in [0.2, 0.25) is 0 Å². The Labute approximate surface area is 159 Å². The highest BCUT2D eigenvalue weighted by Gasteiger charge is 2.27. The van der Waals surface area contributed by atoms with E-state index in [0.29, 0.717) is 24.5 Å². The molecule has 0 bridgehead atoms. The Morgan fingerprint density at radius 1 is 1.15 bits per heavy atom. The lowest BCUT2D eigenvalue weighted by Gasteiger charge is -2.25. The largest absolute Gasteiger partial charge is 0.497 e. The van der Waals surface area contributed by atoms with E-state index >= 15 is 0 Å². The molecule has 0 radical (unpaired) electrons. The van der Waals surface area contributed by atoms with Crippen LogP contribution in [-0.4, -0.2) is 41.9 Å². The van der Waals surface area contributed by atoms with Gasteiger partial charge in [0, 0.05) is 13.0 Å². The van der Waals surface area contributed by atoms with E-state index < -0.39 is 5.92 Å². The molecule has 27 heavy (non-hydrogen) atoms. The van der Waals surface area contributed by atoms with Gasteiger partial charge < -0.3 is 9.64 Å². The number of amides is 2. The summed E-state index contributed by atoms with van der Waals surface area (Å²) in [5.41, 5.74) is 1.66. The van der Waals surface area contributed by atoms with Crippen molar-refractivity contribution in [2.75, 3.05) is 13.7 Å². The van der Waals surface area contributed by atoms with Crippen molar-refractivity contribution in [3.63, 3.8) is 0 Å². The maximum Gasteiger partial charge on any atom is 0.260 e. The van der Waals surface area contributed by atoms with Crippen molar-refractivity contribution in [2.45, 2.75) is 26.3 Å². The third-order valence-corrected chi connectivity index (χ3v) is 4.45. The van der Waals surface area contributed by atoms with Gasteiger partial charge in [-0.15, -0.1) is 0 Å². The normalized spacial score (nSPS) is 17.9. The van der Waals surface area contributed by atoms with Gasteiger partial charge in [-0.05, 0) is 30.2 Å². The van der Waals surface area contributed by atoms with Gasteiger partial charge in [-0.25, -0.2) is 4.99 Å². The Morgan fingerprint density at radius 2 is 1.93 bits per heavy atom. The molecule has 0 saturated carbocycles. The van der Waals surface area contributed by atoms with E-state index in [9.17, 15) is 9.59 Å². The highest BCUT2D eigenvalue weighted by Crippen LogP contribution is 2.18. The van der Waals surface area contributed by atoms with Crippen LogP contribution in [0.1, 0.15) is 25.3 Å². The van der Waals surface area contributed by atoms with Crippen molar-refractivity contribution in [3.05, 3.63) is 54.1 Å². The smallest absolute Gasteiger partial charge is 0.260 e. The first-order chi connectivity index (χ1) is 13.1. The number of fused-ring (bicyclic) bond motifs is 1. The molecule has 1 aliphatic heterocycles. The molecule has 0 spiro atoms. The lowest BCUT2D eigenvalue weighted by Crippen LogP contribution is -2.37. The van der Waals surface area contributed by atoms with Gasteiger partial charge in [0.15, 0.2) is 5.84 Å². The zero-order valence-electron chi connectivity index (χ0n) is 15.6. The number of ether oxygens (including phenoxy) is 1. The number of allylic oxidation sites excluding steroid dienone is 3. The highest BCUT2D eigenvalue weighted by molar-refractivity contribution is 6.21. The summed E-state index contributed by atoms with van der Waals surface area (Å²) in [5.74, 6) is 0.527. The molecule has 2 aliphatic rings. The quantitative estimate of drug-likeness (QED) is 0.746. The van der Waals surface area contributed by atoms with Crippen LogP contribution < -0.4 is 4.74 Å². The van der Waals surface area contributed by atoms with Gasteiger partial charge in [-0.3, -0.25) is 9.59 Å². The highest BCUT2D eigenvalue weighted by atomic mass is 16.5. The number of aliphatic imine (C=N–C) groups is 2. The number of nitrogens with zero attached hydrogens (tertiary/aromatic N) is 3. The minimum Gasteiger partial charge on any atom is -0.497 e. The van der Waals surface area contributed by atoms with E-state index in [1.54, 1.807) is 18.1 Å². The fourth-order valence-corrected chi connectivity index (χ4v) is 3.02. The predicted molar refractivity (Wildman–Crippen MR) is 105 cm³/mol. The van der Waals surface area contributed by atoms with Gasteiger partial charge >= 0.3 is 0 Å². The lowest BCUT2D eigenvalue weighted by atomic mass is 9.96. The average Bonchev–Trinajstić information content (AvgIpc) is 2.68. The number of methoxy groups -OCH3 is 1. The Bertz CT molecular complexity index is 835. The fourth-order valence-electron chi connectivity index (χ4n) is 3.02. The van der Waals surface area contributed by atoms with E-state index in [1.165, 1.54) is 0 Å². The number of hydrogen-bond donors (Lipinski definition) is 0. The molecule has 0 aromatic heterocycles. The fraction of sp³-hybridized carbons (Fsp3) is 0.333. The topological polar surface area (TPSA) is 71.3 Å². The number of rotatable bonds is 7. The maximum absolute atomic E-state index is 12.6. The molecule has 140 valence electrons. The molecule has 6 heteroatoms. The third-order valence-electron chi connectivity index (χ3n) is 4.45. The van der Waals surface area contributed by atoms with Gasteiger partial charge in [-0.2, -0.15) is 4.99 Å². The molecule has 0 saturated heterocycles. The number of benzene rings is 1. The molecule has 0 N–H and O–H groups in total. The monoisotopic (exact) mass is 365 g/mol. The van der Waals surface area contributed by atoms with Gasteiger partial charge in [0.2, 0.25) is 5.91 Å². The zero-order chi connectivity index (χ0) is 19.2. The lowest BCUT2D eigenvalue weighted by molar-refractivity contribution is -0.131. The number of carbonyl (C=O) groups is 2. The van der Waals surface area contributed by atoms with E-state index in [4.69, 9.17) is 4.74 Å². The maximum atomic E-state index is 12.6. The van der Waals surface area contributed by atoms with Crippen LogP contribution in [0, 0.1) is 5.92 Å². The van der Waals surface area contributed by atoms with Crippen LogP contribution in [0.4, 0.5) is 0 Å². The first kappa shape index (κ1) is 18.8. The van der Waals surface area contributed by atoms with E-state index in [0.717, 1.165) is 17.7 Å². The number of hydrogen-bond acceptors (Lipinski definition) is 4. The second-order valence-electron chi connectivity index (χ2n) is 6.47. The molecule has 0 fully saturated rings. The van der Waals surface area contributed by atoms with Crippen LogP contribution in [0.5, 0.6) is 5.75 Å². The van der Waals surface area contributed by atoms with Crippen molar-refractivity contribution in [2.24, 2.45) is 15.9 Å². The summed E-state index contributed by atoms with van der Waals surface area (Å²) in [7, 11) is 1.62. The summed E-state index contributed by atoms with van der Waals surface area (Å²) in [6, 6.07) is 7.58. The summed E-state index contributed by atoms with van der Waals surface area (Å²) in [5, 5.41) is 0. The minimum absolute atomic E-state index is 0.0184. The molecular weight excluding hydrogens is 342 g/mol. The van der Waals surface area contributed by atoms with Crippen molar-refractivity contribution in [3.8, 4) is 5.75 Å². The molecule has 2 amide bonds. The number of carbonyl (C=O) groups excluding carboxylic acids is 2. The Hall–Kier alpha value is -3.02. The minimum atomic E-state index is -0.403. The van der Waals surface area contributed by atoms with Crippen LogP contribution >= 0.6 is 0 Å². The van der Waals surface area contributed by atoms with E-state index in [2.05, 4.69) is 9.98 Å². The van der Waals surface area contributed by atoms with Crippen molar-refractivity contribution >= 4 is 23.4 Å². The van der Waals surface area contributed by atoms with Gasteiger partial charge in [-0.1, -0.05) is 37.3 Å². The average molecular weight is 365 g/mol. The molecule has 6 nitrogen and oxygen atoms in total. The van der Waals surface area contributed by atoms with Gasteiger partial charge in [0.1, 0.15) is 11.7 Å². The second-order valence-corrected chi connectivity index (χ2v) is 6.47. The van der Waals surface area contributed by atoms with E-state index in [1.807, 2.05) is 49.4 Å². The third kappa shape index (κ3) is 4.58. The van der Waals surface area contributed by atoms with Crippen LogP contribution in [0.25, 0.3) is 0 Å². The molecule has 3 rings (SSSR count). The van der Waals surface area contributed by atoms with Gasteiger partial charge in [0.05, 0.1) is 19.4 Å². The summed E-state index contributed by atoms with van der Waals surface area (Å²) >= 11 is 0. The Kier molecular flexibility index (Phi) is 5.96. The van der Waals surface area contributed by atoms with Crippen LogP contribution in [0.3, 0.4) is 0 Å². The summed E-state index contributed by atoms with van der Waals surface area (Å²) in [4.78, 5) is 35.2. The first-order valence-corrected chi connectivity index (χ1v) is 9.06. The molecule has 1 heterocycles. The number of amidine groups is 1.